The molecule has 2 aliphatic rings. The van der Waals surface area contributed by atoms with E-state index in [9.17, 15) is 5.11 Å². The van der Waals surface area contributed by atoms with Gasteiger partial charge in [0.2, 0.25) is 0 Å². The second kappa shape index (κ2) is 4.71. The van der Waals surface area contributed by atoms with Gasteiger partial charge in [-0.3, -0.25) is 4.90 Å². The molecule has 1 saturated heterocycles. The van der Waals surface area contributed by atoms with Crippen molar-refractivity contribution in [2.45, 2.75) is 25.1 Å². The Bertz CT molecular complexity index is 453. The van der Waals surface area contributed by atoms with E-state index in [1.807, 2.05) is 18.2 Å². The Hall–Kier alpha value is -1.38. The van der Waals surface area contributed by atoms with Gasteiger partial charge in [-0.05, 0) is 12.5 Å². The maximum absolute atomic E-state index is 10.3. The third-order valence-electron chi connectivity index (χ3n) is 4.04. The molecule has 1 aromatic rings. The number of hydrogen-bond acceptors (Lipinski definition) is 2. The Kier molecular flexibility index (Phi) is 3.06. The summed E-state index contributed by atoms with van der Waals surface area (Å²) in [6.07, 6.45) is 7.91. The van der Waals surface area contributed by atoms with E-state index < -0.39 is 0 Å². The Labute approximate surface area is 108 Å². The highest BCUT2D eigenvalue weighted by Gasteiger charge is 2.44. The molecule has 1 heterocycles. The van der Waals surface area contributed by atoms with Crippen LogP contribution in [0.1, 0.15) is 18.5 Å². The molecule has 1 unspecified atom stereocenters. The molecular formula is C16H19NO. The van der Waals surface area contributed by atoms with E-state index >= 15 is 0 Å². The number of aliphatic hydroxyl groups excluding tert-OH is 1. The average Bonchev–Trinajstić information content (AvgIpc) is 3.03. The van der Waals surface area contributed by atoms with Gasteiger partial charge in [0, 0.05) is 24.5 Å². The summed E-state index contributed by atoms with van der Waals surface area (Å²) in [6.45, 7) is 3.21. The summed E-state index contributed by atoms with van der Waals surface area (Å²) < 4.78 is 0. The highest BCUT2D eigenvalue weighted by Crippen LogP contribution is 2.36. The largest absolute Gasteiger partial charge is 0.390 e. The molecule has 0 amide bonds. The van der Waals surface area contributed by atoms with Gasteiger partial charge in [-0.15, -0.1) is 0 Å². The third kappa shape index (κ3) is 2.14. The van der Waals surface area contributed by atoms with Crippen molar-refractivity contribution in [1.29, 1.82) is 0 Å². The van der Waals surface area contributed by atoms with E-state index in [0.717, 1.165) is 6.54 Å². The van der Waals surface area contributed by atoms with Crippen LogP contribution in [-0.4, -0.2) is 28.7 Å². The molecule has 0 radical (unpaired) electrons. The van der Waals surface area contributed by atoms with Crippen LogP contribution >= 0.6 is 0 Å². The lowest BCUT2D eigenvalue weighted by Gasteiger charge is -2.19. The summed E-state index contributed by atoms with van der Waals surface area (Å²) in [4.78, 5) is 2.36. The topological polar surface area (TPSA) is 23.2 Å². The lowest BCUT2D eigenvalue weighted by atomic mass is 10.0. The summed E-state index contributed by atoms with van der Waals surface area (Å²) >= 11 is 0. The number of allylic oxidation sites excluding steroid dienone is 2. The van der Waals surface area contributed by atoms with E-state index in [1.54, 1.807) is 0 Å². The predicted octanol–water partition coefficient (Wildman–Crippen LogP) is 2.53. The fourth-order valence-corrected chi connectivity index (χ4v) is 2.77. The maximum Gasteiger partial charge on any atom is 0.0805 e. The van der Waals surface area contributed by atoms with Gasteiger partial charge in [-0.2, -0.15) is 0 Å². The van der Waals surface area contributed by atoms with Crippen LogP contribution < -0.4 is 0 Å². The number of aliphatic hydroxyl groups is 1. The van der Waals surface area contributed by atoms with Crippen LogP contribution in [0.3, 0.4) is 0 Å². The van der Waals surface area contributed by atoms with Crippen molar-refractivity contribution >= 4 is 0 Å². The molecule has 1 aliphatic carbocycles. The van der Waals surface area contributed by atoms with Gasteiger partial charge < -0.3 is 5.11 Å². The number of hydrogen-bond donors (Lipinski definition) is 1. The lowest BCUT2D eigenvalue weighted by Crippen LogP contribution is -2.26. The minimum atomic E-state index is -0.272. The van der Waals surface area contributed by atoms with Crippen LogP contribution in [0.4, 0.5) is 0 Å². The highest BCUT2D eigenvalue weighted by molar-refractivity contribution is 5.24. The molecule has 4 atom stereocenters. The second-order valence-electron chi connectivity index (χ2n) is 5.19. The number of rotatable bonds is 4. The summed E-state index contributed by atoms with van der Waals surface area (Å²) in [5, 5.41) is 10.3. The Morgan fingerprint density at radius 1 is 1.17 bits per heavy atom. The molecule has 3 rings (SSSR count). The molecule has 0 bridgehead atoms. The molecule has 1 aromatic carbocycles. The molecule has 1 fully saturated rings. The van der Waals surface area contributed by atoms with Gasteiger partial charge in [0.25, 0.3) is 0 Å². The Morgan fingerprint density at radius 3 is 2.50 bits per heavy atom. The maximum atomic E-state index is 10.3. The van der Waals surface area contributed by atoms with Crippen molar-refractivity contribution in [2.24, 2.45) is 5.92 Å². The molecule has 0 aromatic heterocycles. The van der Waals surface area contributed by atoms with Crippen molar-refractivity contribution in [3.05, 3.63) is 60.2 Å². The fourth-order valence-electron chi connectivity index (χ4n) is 2.77. The smallest absolute Gasteiger partial charge is 0.0805 e. The van der Waals surface area contributed by atoms with Crippen LogP contribution in [0, 0.1) is 5.92 Å². The highest BCUT2D eigenvalue weighted by atomic mass is 16.3. The standard InChI is InChI=1S/C16H19NO/c1-12(13-7-3-2-4-8-13)17-11-15(17)16(18)14-9-5-6-10-14/h2-10,12,14-16,18H,11H2,1H3/t12-,15-,16+,17?/m1/s1. The molecule has 1 aliphatic heterocycles. The van der Waals surface area contributed by atoms with Crippen molar-refractivity contribution in [1.82, 2.24) is 4.90 Å². The summed E-state index contributed by atoms with van der Waals surface area (Å²) in [5.41, 5.74) is 1.32. The molecular weight excluding hydrogens is 222 g/mol. The first-order chi connectivity index (χ1) is 8.77. The van der Waals surface area contributed by atoms with E-state index in [2.05, 4.69) is 48.2 Å². The van der Waals surface area contributed by atoms with Gasteiger partial charge in [0.15, 0.2) is 0 Å². The molecule has 94 valence electrons. The minimum Gasteiger partial charge on any atom is -0.390 e. The van der Waals surface area contributed by atoms with Crippen molar-refractivity contribution in [3.8, 4) is 0 Å². The quantitative estimate of drug-likeness (QED) is 0.819. The van der Waals surface area contributed by atoms with Crippen LogP contribution in [0.5, 0.6) is 0 Å². The minimum absolute atomic E-state index is 0.197. The first kappa shape index (κ1) is 11.7. The van der Waals surface area contributed by atoms with E-state index in [1.165, 1.54) is 5.56 Å². The van der Waals surface area contributed by atoms with Crippen LogP contribution in [-0.2, 0) is 0 Å². The predicted molar refractivity (Wildman–Crippen MR) is 73.1 cm³/mol. The zero-order valence-electron chi connectivity index (χ0n) is 10.6. The summed E-state index contributed by atoms with van der Waals surface area (Å²) in [6, 6.07) is 11.2. The average molecular weight is 241 g/mol. The normalized spacial score (nSPS) is 29.4. The zero-order chi connectivity index (χ0) is 12.5. The van der Waals surface area contributed by atoms with Crippen LogP contribution in [0.15, 0.2) is 54.6 Å². The molecule has 1 N–H and O–H groups in total. The van der Waals surface area contributed by atoms with E-state index in [4.69, 9.17) is 0 Å². The third-order valence-corrected chi connectivity index (χ3v) is 4.04. The number of benzene rings is 1. The fraction of sp³-hybridized carbons (Fsp3) is 0.375. The zero-order valence-corrected chi connectivity index (χ0v) is 10.6. The van der Waals surface area contributed by atoms with Crippen LogP contribution in [0.2, 0.25) is 0 Å². The molecule has 0 saturated carbocycles. The van der Waals surface area contributed by atoms with Gasteiger partial charge in [0.1, 0.15) is 0 Å². The van der Waals surface area contributed by atoms with Gasteiger partial charge in [0.05, 0.1) is 6.10 Å². The van der Waals surface area contributed by atoms with Crippen molar-refractivity contribution < 1.29 is 5.11 Å². The van der Waals surface area contributed by atoms with Gasteiger partial charge in [-0.25, -0.2) is 0 Å². The van der Waals surface area contributed by atoms with Crippen LogP contribution in [0.25, 0.3) is 0 Å². The monoisotopic (exact) mass is 241 g/mol. The first-order valence-corrected chi connectivity index (χ1v) is 6.61. The molecule has 2 nitrogen and oxygen atoms in total. The first-order valence-electron chi connectivity index (χ1n) is 6.61. The molecule has 2 heteroatoms. The SMILES string of the molecule is C[C@H](c1ccccc1)N1C[C@@H]1[C@@H](O)C1C=CC=C1. The van der Waals surface area contributed by atoms with Gasteiger partial charge >= 0.3 is 0 Å². The van der Waals surface area contributed by atoms with Crippen molar-refractivity contribution in [3.63, 3.8) is 0 Å². The second-order valence-corrected chi connectivity index (χ2v) is 5.19. The Morgan fingerprint density at radius 2 is 1.83 bits per heavy atom. The Balaban J connectivity index is 1.63. The van der Waals surface area contributed by atoms with Crippen molar-refractivity contribution in [2.75, 3.05) is 6.54 Å². The van der Waals surface area contributed by atoms with Gasteiger partial charge in [-0.1, -0.05) is 54.6 Å². The van der Waals surface area contributed by atoms with E-state index in [0.29, 0.717) is 12.1 Å². The van der Waals surface area contributed by atoms with E-state index in [-0.39, 0.29) is 12.0 Å². The molecule has 0 spiro atoms. The molecule has 18 heavy (non-hydrogen) atoms. The summed E-state index contributed by atoms with van der Waals surface area (Å²) in [7, 11) is 0. The summed E-state index contributed by atoms with van der Waals surface area (Å²) in [5.74, 6) is 0.197. The number of nitrogens with zero attached hydrogens (tertiary/aromatic N) is 1. The lowest BCUT2D eigenvalue weighted by molar-refractivity contribution is 0.126.